The van der Waals surface area contributed by atoms with Gasteiger partial charge in [0.25, 0.3) is 0 Å². The molecule has 0 heterocycles. The SMILES string of the molecule is CC(C)(C)NCCCOc1ccccc1.Cl. The maximum atomic E-state index is 5.58. The van der Waals surface area contributed by atoms with Crippen molar-refractivity contribution in [3.8, 4) is 5.75 Å². The quantitative estimate of drug-likeness (QED) is 0.802. The van der Waals surface area contributed by atoms with Gasteiger partial charge >= 0.3 is 0 Å². The zero-order valence-corrected chi connectivity index (χ0v) is 11.1. The van der Waals surface area contributed by atoms with E-state index in [4.69, 9.17) is 4.74 Å². The Bertz CT molecular complexity index is 269. The molecule has 0 aliphatic carbocycles. The minimum atomic E-state index is 0. The Balaban J connectivity index is 0.00000225. The van der Waals surface area contributed by atoms with E-state index >= 15 is 0 Å². The summed E-state index contributed by atoms with van der Waals surface area (Å²) in [5.41, 5.74) is 0.201. The van der Waals surface area contributed by atoms with Crippen LogP contribution in [0.1, 0.15) is 27.2 Å². The highest BCUT2D eigenvalue weighted by atomic mass is 35.5. The molecule has 0 aliphatic heterocycles. The molecule has 0 radical (unpaired) electrons. The number of ether oxygens (including phenoxy) is 1. The second-order valence-electron chi connectivity index (χ2n) is 4.69. The van der Waals surface area contributed by atoms with Gasteiger partial charge in [0.1, 0.15) is 5.75 Å². The first kappa shape index (κ1) is 15.3. The molecule has 0 unspecified atom stereocenters. The third-order valence-corrected chi connectivity index (χ3v) is 1.99. The van der Waals surface area contributed by atoms with Gasteiger partial charge in [0.2, 0.25) is 0 Å². The van der Waals surface area contributed by atoms with Crippen LogP contribution in [0.25, 0.3) is 0 Å². The molecule has 1 aromatic rings. The Morgan fingerprint density at radius 3 is 2.31 bits per heavy atom. The van der Waals surface area contributed by atoms with Gasteiger partial charge < -0.3 is 10.1 Å². The zero-order chi connectivity index (χ0) is 11.1. The fourth-order valence-corrected chi connectivity index (χ4v) is 1.24. The van der Waals surface area contributed by atoms with E-state index in [1.54, 1.807) is 0 Å². The Hall–Kier alpha value is -0.730. The molecule has 0 spiro atoms. The van der Waals surface area contributed by atoms with E-state index in [-0.39, 0.29) is 17.9 Å². The lowest BCUT2D eigenvalue weighted by Crippen LogP contribution is -2.36. The molecule has 0 aliphatic rings. The topological polar surface area (TPSA) is 21.3 Å². The first-order chi connectivity index (χ1) is 7.08. The number of rotatable bonds is 5. The number of nitrogens with one attached hydrogen (secondary N) is 1. The summed E-state index contributed by atoms with van der Waals surface area (Å²) >= 11 is 0. The Labute approximate surface area is 105 Å². The molecule has 0 atom stereocenters. The van der Waals surface area contributed by atoms with Crippen LogP contribution in [0.5, 0.6) is 5.75 Å². The normalized spacial score (nSPS) is 10.7. The molecule has 0 bridgehead atoms. The van der Waals surface area contributed by atoms with Gasteiger partial charge in [-0.15, -0.1) is 12.4 Å². The summed E-state index contributed by atoms with van der Waals surface area (Å²) in [5.74, 6) is 0.952. The van der Waals surface area contributed by atoms with Crippen molar-refractivity contribution in [2.24, 2.45) is 0 Å². The predicted octanol–water partition coefficient (Wildman–Crippen LogP) is 3.27. The van der Waals surface area contributed by atoms with Crippen LogP contribution >= 0.6 is 12.4 Å². The van der Waals surface area contributed by atoms with Crippen molar-refractivity contribution in [1.82, 2.24) is 5.32 Å². The summed E-state index contributed by atoms with van der Waals surface area (Å²) in [7, 11) is 0. The number of benzene rings is 1. The largest absolute Gasteiger partial charge is 0.494 e. The van der Waals surface area contributed by atoms with Gasteiger partial charge in [-0.3, -0.25) is 0 Å². The molecule has 0 saturated heterocycles. The number of hydrogen-bond donors (Lipinski definition) is 1. The number of halogens is 1. The lowest BCUT2D eigenvalue weighted by molar-refractivity contribution is 0.298. The average molecular weight is 244 g/mol. The number of hydrogen-bond acceptors (Lipinski definition) is 2. The lowest BCUT2D eigenvalue weighted by atomic mass is 10.1. The van der Waals surface area contributed by atoms with Gasteiger partial charge in [0, 0.05) is 5.54 Å². The van der Waals surface area contributed by atoms with Crippen LogP contribution in [-0.2, 0) is 0 Å². The van der Waals surface area contributed by atoms with Crippen molar-refractivity contribution < 1.29 is 4.74 Å². The molecular weight excluding hydrogens is 222 g/mol. The highest BCUT2D eigenvalue weighted by molar-refractivity contribution is 5.85. The van der Waals surface area contributed by atoms with Crippen molar-refractivity contribution in [1.29, 1.82) is 0 Å². The van der Waals surface area contributed by atoms with Gasteiger partial charge in [-0.05, 0) is 45.9 Å². The van der Waals surface area contributed by atoms with Gasteiger partial charge in [-0.1, -0.05) is 18.2 Å². The van der Waals surface area contributed by atoms with Gasteiger partial charge in [-0.2, -0.15) is 0 Å². The summed E-state index contributed by atoms with van der Waals surface area (Å²) in [4.78, 5) is 0. The molecule has 0 aromatic heterocycles. The molecule has 0 amide bonds. The van der Waals surface area contributed by atoms with Crippen LogP contribution < -0.4 is 10.1 Å². The maximum Gasteiger partial charge on any atom is 0.119 e. The smallest absolute Gasteiger partial charge is 0.119 e. The van der Waals surface area contributed by atoms with Crippen LogP contribution in [0.15, 0.2) is 30.3 Å². The maximum absolute atomic E-state index is 5.58. The Morgan fingerprint density at radius 1 is 1.12 bits per heavy atom. The van der Waals surface area contributed by atoms with E-state index in [1.165, 1.54) is 0 Å². The lowest BCUT2D eigenvalue weighted by Gasteiger charge is -2.20. The van der Waals surface area contributed by atoms with Gasteiger partial charge in [0.05, 0.1) is 6.61 Å². The van der Waals surface area contributed by atoms with E-state index in [0.29, 0.717) is 0 Å². The molecule has 1 rings (SSSR count). The standard InChI is InChI=1S/C13H21NO.ClH/c1-13(2,3)14-10-7-11-15-12-8-5-4-6-9-12;/h4-6,8-9,14H,7,10-11H2,1-3H3;1H. The van der Waals surface area contributed by atoms with Crippen LogP contribution in [0, 0.1) is 0 Å². The fourth-order valence-electron chi connectivity index (χ4n) is 1.24. The predicted molar refractivity (Wildman–Crippen MR) is 71.6 cm³/mol. The number of para-hydroxylation sites is 1. The van der Waals surface area contributed by atoms with Crippen LogP contribution in [0.4, 0.5) is 0 Å². The molecule has 2 nitrogen and oxygen atoms in total. The minimum Gasteiger partial charge on any atom is -0.494 e. The van der Waals surface area contributed by atoms with Crippen molar-refractivity contribution >= 4 is 12.4 Å². The molecule has 0 fully saturated rings. The van der Waals surface area contributed by atoms with Crippen molar-refractivity contribution in [3.05, 3.63) is 30.3 Å². The first-order valence-corrected chi connectivity index (χ1v) is 5.51. The highest BCUT2D eigenvalue weighted by Crippen LogP contribution is 2.08. The molecule has 92 valence electrons. The van der Waals surface area contributed by atoms with Crippen LogP contribution in [-0.4, -0.2) is 18.7 Å². The summed E-state index contributed by atoms with van der Waals surface area (Å²) in [5, 5.41) is 3.43. The molecule has 3 heteroatoms. The highest BCUT2D eigenvalue weighted by Gasteiger charge is 2.06. The van der Waals surface area contributed by atoms with Crippen molar-refractivity contribution in [3.63, 3.8) is 0 Å². The van der Waals surface area contributed by atoms with Crippen LogP contribution in [0.2, 0.25) is 0 Å². The minimum absolute atomic E-state index is 0. The molecule has 16 heavy (non-hydrogen) atoms. The van der Waals surface area contributed by atoms with E-state index in [0.717, 1.165) is 25.3 Å². The monoisotopic (exact) mass is 243 g/mol. The van der Waals surface area contributed by atoms with Crippen molar-refractivity contribution in [2.75, 3.05) is 13.2 Å². The Morgan fingerprint density at radius 2 is 1.75 bits per heavy atom. The van der Waals surface area contributed by atoms with E-state index in [1.807, 2.05) is 30.3 Å². The van der Waals surface area contributed by atoms with Gasteiger partial charge in [0.15, 0.2) is 0 Å². The summed E-state index contributed by atoms with van der Waals surface area (Å²) in [6, 6.07) is 9.94. The Kier molecular flexibility index (Phi) is 7.18. The van der Waals surface area contributed by atoms with E-state index in [2.05, 4.69) is 26.1 Å². The molecule has 1 N–H and O–H groups in total. The first-order valence-electron chi connectivity index (χ1n) is 5.51. The average Bonchev–Trinajstić information content (AvgIpc) is 2.17. The summed E-state index contributed by atoms with van der Waals surface area (Å²) < 4.78 is 5.58. The summed E-state index contributed by atoms with van der Waals surface area (Å²) in [6.07, 6.45) is 1.03. The van der Waals surface area contributed by atoms with E-state index < -0.39 is 0 Å². The van der Waals surface area contributed by atoms with Crippen molar-refractivity contribution in [2.45, 2.75) is 32.7 Å². The molecular formula is C13H22ClNO. The fraction of sp³-hybridized carbons (Fsp3) is 0.538. The van der Waals surface area contributed by atoms with Crippen LogP contribution in [0.3, 0.4) is 0 Å². The molecule has 1 aromatic carbocycles. The zero-order valence-electron chi connectivity index (χ0n) is 10.3. The van der Waals surface area contributed by atoms with Gasteiger partial charge in [-0.25, -0.2) is 0 Å². The summed E-state index contributed by atoms with van der Waals surface area (Å²) in [6.45, 7) is 8.28. The second-order valence-corrected chi connectivity index (χ2v) is 4.69. The third kappa shape index (κ3) is 7.55. The third-order valence-electron chi connectivity index (χ3n) is 1.99. The molecule has 0 saturated carbocycles. The van der Waals surface area contributed by atoms with E-state index in [9.17, 15) is 0 Å². The second kappa shape index (κ2) is 7.53.